The van der Waals surface area contributed by atoms with Crippen LogP contribution >= 0.6 is 50.1 Å². The van der Waals surface area contributed by atoms with Crippen molar-refractivity contribution in [3.05, 3.63) is 30.6 Å². The molecule has 2 bridgehead atoms. The fourth-order valence-electron chi connectivity index (χ4n) is 3.85. The fraction of sp³-hybridized carbons (Fsp3) is 0.375. The van der Waals surface area contributed by atoms with Gasteiger partial charge in [0.25, 0.3) is 0 Å². The number of aromatic nitrogens is 1. The van der Waals surface area contributed by atoms with Gasteiger partial charge in [0.1, 0.15) is 10.7 Å². The van der Waals surface area contributed by atoms with Gasteiger partial charge in [0.15, 0.2) is 12.1 Å². The Kier molecular flexibility index (Phi) is 4.05. The number of hydrogen-bond acceptors (Lipinski definition) is 3. The molecule has 0 amide bonds. The first-order valence-electron chi connectivity index (χ1n) is 7.39. The molecular weight excluding hydrogens is 497 g/mol. The first-order valence-corrected chi connectivity index (χ1v) is 9.64. The first kappa shape index (κ1) is 16.0. The topological polar surface area (TPSA) is 42.0 Å². The lowest BCUT2D eigenvalue weighted by molar-refractivity contribution is 0.112. The van der Waals surface area contributed by atoms with E-state index in [-0.39, 0.29) is 10.7 Å². The highest BCUT2D eigenvalue weighted by molar-refractivity contribution is 14.1. The van der Waals surface area contributed by atoms with Gasteiger partial charge >= 0.3 is 0 Å². The summed E-state index contributed by atoms with van der Waals surface area (Å²) in [5.41, 5.74) is 1.10. The lowest BCUT2D eigenvalue weighted by atomic mass is 9.78. The van der Waals surface area contributed by atoms with E-state index in [9.17, 15) is 9.18 Å². The first-order chi connectivity index (χ1) is 11.0. The van der Waals surface area contributed by atoms with Crippen LogP contribution in [0.5, 0.6) is 0 Å². The van der Waals surface area contributed by atoms with E-state index in [1.54, 1.807) is 0 Å². The number of anilines is 1. The predicted octanol–water partition coefficient (Wildman–Crippen LogP) is 5.42. The van der Waals surface area contributed by atoms with Crippen molar-refractivity contribution in [2.75, 3.05) is 5.32 Å². The number of nitrogens with zero attached hydrogens (tertiary/aromatic N) is 1. The zero-order chi connectivity index (χ0) is 16.3. The SMILES string of the molecule is O=Cc1c(Cl)nc2c(F)c(Br)c(I)cc2c1NC1[C@@H]2CC[C@H]1C2. The molecule has 3 aliphatic rings. The molecule has 5 rings (SSSR count). The van der Waals surface area contributed by atoms with Gasteiger partial charge in [-0.25, -0.2) is 9.37 Å². The van der Waals surface area contributed by atoms with Crippen molar-refractivity contribution >= 4 is 73.0 Å². The van der Waals surface area contributed by atoms with E-state index in [2.05, 4.69) is 48.8 Å². The van der Waals surface area contributed by atoms with Crippen LogP contribution in [0.25, 0.3) is 10.9 Å². The van der Waals surface area contributed by atoms with Gasteiger partial charge in [-0.1, -0.05) is 11.6 Å². The average molecular weight is 510 g/mol. The number of rotatable bonds is 3. The Morgan fingerprint density at radius 2 is 2.13 bits per heavy atom. The van der Waals surface area contributed by atoms with Crippen LogP contribution in [0.1, 0.15) is 29.6 Å². The van der Waals surface area contributed by atoms with E-state index in [0.717, 1.165) is 3.57 Å². The molecule has 3 aliphatic carbocycles. The van der Waals surface area contributed by atoms with Gasteiger partial charge in [0.2, 0.25) is 0 Å². The minimum Gasteiger partial charge on any atom is -0.381 e. The van der Waals surface area contributed by atoms with Crippen molar-refractivity contribution in [2.24, 2.45) is 11.8 Å². The van der Waals surface area contributed by atoms with Crippen molar-refractivity contribution in [2.45, 2.75) is 25.3 Å². The van der Waals surface area contributed by atoms with Crippen molar-refractivity contribution in [1.29, 1.82) is 0 Å². The molecular formula is C16H12BrClFIN2O. The zero-order valence-electron chi connectivity index (χ0n) is 11.9. The van der Waals surface area contributed by atoms with Crippen LogP contribution in [-0.4, -0.2) is 17.3 Å². The molecule has 1 heterocycles. The summed E-state index contributed by atoms with van der Waals surface area (Å²) in [6, 6.07) is 2.18. The third-order valence-corrected chi connectivity index (χ3v) is 7.72. The highest BCUT2D eigenvalue weighted by atomic mass is 127. The Bertz CT molecular complexity index is 833. The maximum Gasteiger partial charge on any atom is 0.164 e. The molecule has 7 heteroatoms. The van der Waals surface area contributed by atoms with Gasteiger partial charge < -0.3 is 5.32 Å². The summed E-state index contributed by atoms with van der Waals surface area (Å²) in [5, 5.41) is 4.12. The van der Waals surface area contributed by atoms with E-state index in [1.807, 2.05) is 6.07 Å². The summed E-state index contributed by atoms with van der Waals surface area (Å²) in [6.07, 6.45) is 4.37. The molecule has 0 aliphatic heterocycles. The molecule has 1 unspecified atom stereocenters. The van der Waals surface area contributed by atoms with E-state index in [1.165, 1.54) is 19.3 Å². The van der Waals surface area contributed by atoms with Gasteiger partial charge in [-0.15, -0.1) is 0 Å². The van der Waals surface area contributed by atoms with E-state index in [0.29, 0.717) is 45.3 Å². The van der Waals surface area contributed by atoms with Gasteiger partial charge in [0, 0.05) is 15.0 Å². The molecule has 1 N–H and O–H groups in total. The zero-order valence-corrected chi connectivity index (χ0v) is 16.4. The van der Waals surface area contributed by atoms with Crippen molar-refractivity contribution in [1.82, 2.24) is 4.98 Å². The maximum absolute atomic E-state index is 14.6. The number of nitrogens with one attached hydrogen (secondary N) is 1. The summed E-state index contributed by atoms with van der Waals surface area (Å²) >= 11 is 11.4. The van der Waals surface area contributed by atoms with Crippen LogP contribution in [0, 0.1) is 21.2 Å². The van der Waals surface area contributed by atoms with Crippen LogP contribution in [0.2, 0.25) is 5.15 Å². The Balaban J connectivity index is 1.93. The lowest BCUT2D eigenvalue weighted by Gasteiger charge is -2.37. The third-order valence-electron chi connectivity index (χ3n) is 5.07. The molecule has 3 nitrogen and oxygen atoms in total. The van der Waals surface area contributed by atoms with Crippen LogP contribution in [0.3, 0.4) is 0 Å². The van der Waals surface area contributed by atoms with Gasteiger partial charge in [-0.05, 0) is 75.7 Å². The smallest absolute Gasteiger partial charge is 0.164 e. The predicted molar refractivity (Wildman–Crippen MR) is 101 cm³/mol. The molecule has 2 aromatic rings. The number of halogens is 4. The molecule has 120 valence electrons. The summed E-state index contributed by atoms with van der Waals surface area (Å²) in [6.45, 7) is 0. The normalized spacial score (nSPS) is 25.5. The largest absolute Gasteiger partial charge is 0.381 e. The number of hydrogen-bond donors (Lipinski definition) is 1. The summed E-state index contributed by atoms with van der Waals surface area (Å²) < 4.78 is 15.7. The molecule has 0 saturated heterocycles. The highest BCUT2D eigenvalue weighted by Crippen LogP contribution is 2.50. The second kappa shape index (κ2) is 5.81. The molecule has 3 fully saturated rings. The Morgan fingerprint density at radius 3 is 2.74 bits per heavy atom. The van der Waals surface area contributed by atoms with Crippen molar-refractivity contribution in [3.8, 4) is 0 Å². The monoisotopic (exact) mass is 508 g/mol. The van der Waals surface area contributed by atoms with Gasteiger partial charge in [0.05, 0.1) is 15.7 Å². The summed E-state index contributed by atoms with van der Waals surface area (Å²) in [5.74, 6) is 0.826. The number of pyridine rings is 1. The molecule has 23 heavy (non-hydrogen) atoms. The number of benzene rings is 1. The molecule has 3 atom stereocenters. The lowest BCUT2D eigenvalue weighted by Crippen LogP contribution is -2.40. The van der Waals surface area contributed by atoms with Crippen LogP contribution in [0.15, 0.2) is 10.5 Å². The third kappa shape index (κ3) is 2.40. The highest BCUT2D eigenvalue weighted by Gasteiger charge is 2.46. The Morgan fingerprint density at radius 1 is 1.43 bits per heavy atom. The van der Waals surface area contributed by atoms with Crippen molar-refractivity contribution < 1.29 is 9.18 Å². The molecule has 0 spiro atoms. The van der Waals surface area contributed by atoms with Crippen molar-refractivity contribution in [3.63, 3.8) is 0 Å². The van der Waals surface area contributed by atoms with E-state index in [4.69, 9.17) is 11.6 Å². The summed E-state index contributed by atoms with van der Waals surface area (Å²) in [4.78, 5) is 15.6. The van der Waals surface area contributed by atoms with Crippen LogP contribution in [0.4, 0.5) is 10.1 Å². The molecule has 3 saturated carbocycles. The van der Waals surface area contributed by atoms with Crippen LogP contribution < -0.4 is 5.32 Å². The van der Waals surface area contributed by atoms with Gasteiger partial charge in [-0.2, -0.15) is 0 Å². The second-order valence-corrected chi connectivity index (χ2v) is 8.51. The summed E-state index contributed by atoms with van der Waals surface area (Å²) in [7, 11) is 0. The van der Waals surface area contributed by atoms with E-state index < -0.39 is 5.82 Å². The van der Waals surface area contributed by atoms with Gasteiger partial charge in [-0.3, -0.25) is 4.79 Å². The fourth-order valence-corrected chi connectivity index (χ4v) is 4.93. The Labute approximate surface area is 159 Å². The van der Waals surface area contributed by atoms with Crippen LogP contribution in [-0.2, 0) is 0 Å². The minimum atomic E-state index is -0.453. The standard InChI is InChI=1S/C16H12BrClFIN2O/c17-11-10(20)4-8-14(21-13-6-1-2-7(13)3-6)9(5-23)16(18)22-15(8)12(11)19/h4-7,13H,1-3H2,(H,21,22)/t6-,7+,13?. The number of carbonyl (C=O) groups excluding carboxylic acids is 1. The molecule has 1 aromatic carbocycles. The van der Waals surface area contributed by atoms with E-state index >= 15 is 0 Å². The second-order valence-electron chi connectivity index (χ2n) is 6.19. The quantitative estimate of drug-likeness (QED) is 0.260. The minimum absolute atomic E-state index is 0.0358. The number of fused-ring (bicyclic) bond motifs is 2. The molecule has 1 aromatic heterocycles. The number of aldehydes is 1. The Hall–Kier alpha value is -0.470. The number of carbonyl (C=O) groups is 1. The average Bonchev–Trinajstić information content (AvgIpc) is 3.15. The maximum atomic E-state index is 14.6. The molecule has 0 radical (unpaired) electrons.